The summed E-state index contributed by atoms with van der Waals surface area (Å²) in [6.45, 7) is 9.49. The van der Waals surface area contributed by atoms with Gasteiger partial charge in [0.25, 0.3) is 0 Å². The number of halogens is 4. The number of likely N-dealkylation sites (tertiary alicyclic amines) is 1. The number of benzene rings is 1. The topological polar surface area (TPSA) is 39.7 Å². The summed E-state index contributed by atoms with van der Waals surface area (Å²) in [6, 6.07) is 5.96. The van der Waals surface area contributed by atoms with Gasteiger partial charge in [-0.05, 0) is 51.8 Å². The van der Waals surface area contributed by atoms with Crippen LogP contribution in [0.2, 0.25) is 0 Å². The molecule has 8 heteroatoms. The van der Waals surface area contributed by atoms with Gasteiger partial charge in [0.15, 0.2) is 5.96 Å². The van der Waals surface area contributed by atoms with E-state index in [2.05, 4.69) is 46.2 Å². The van der Waals surface area contributed by atoms with E-state index in [1.54, 1.807) is 6.07 Å². The first kappa shape index (κ1) is 25.6. The van der Waals surface area contributed by atoms with E-state index in [0.717, 1.165) is 44.6 Å². The molecular weight excluding hydrogens is 492 g/mol. The summed E-state index contributed by atoms with van der Waals surface area (Å²) in [4.78, 5) is 6.89. The first-order chi connectivity index (χ1) is 13.3. The van der Waals surface area contributed by atoms with Crippen molar-refractivity contribution >= 4 is 29.9 Å². The lowest BCUT2D eigenvalue weighted by atomic mass is 10.0. The molecule has 1 heterocycles. The number of hydrogen-bond donors (Lipinski definition) is 2. The molecule has 0 aliphatic carbocycles. The van der Waals surface area contributed by atoms with Gasteiger partial charge in [0.05, 0.1) is 5.56 Å². The number of rotatable bonds is 4. The smallest absolute Gasteiger partial charge is 0.357 e. The maximum atomic E-state index is 12.7. The zero-order chi connectivity index (χ0) is 20.6. The lowest BCUT2D eigenvalue weighted by molar-refractivity contribution is -0.137. The third kappa shape index (κ3) is 8.83. The number of piperidine rings is 1. The molecule has 29 heavy (non-hydrogen) atoms. The van der Waals surface area contributed by atoms with Crippen molar-refractivity contribution < 1.29 is 13.2 Å². The quantitative estimate of drug-likeness (QED) is 0.271. The second kappa shape index (κ2) is 12.3. The standard InChI is InChI=1S/C21H29F3N4.HI/c1-4-25-20(27-19-10-13-28(14-11-19)16(2)3)26-12-6-8-17-7-5-9-18(15-17)21(22,23)24;/h5,7,9,15-16,19H,4,10-14H2,1-3H3,(H2,25,26,27);1H. The van der Waals surface area contributed by atoms with Crippen molar-refractivity contribution in [3.63, 3.8) is 0 Å². The van der Waals surface area contributed by atoms with E-state index in [1.807, 2.05) is 6.92 Å². The summed E-state index contributed by atoms with van der Waals surface area (Å²) in [6.07, 6.45) is -2.25. The number of alkyl halides is 3. The molecule has 1 aliphatic heterocycles. The second-order valence-corrected chi connectivity index (χ2v) is 7.12. The zero-order valence-electron chi connectivity index (χ0n) is 17.1. The predicted molar refractivity (Wildman–Crippen MR) is 123 cm³/mol. The Morgan fingerprint density at radius 1 is 1.28 bits per heavy atom. The Balaban J connectivity index is 0.00000420. The Hall–Kier alpha value is -1.47. The molecule has 4 nitrogen and oxygen atoms in total. The van der Waals surface area contributed by atoms with Crippen LogP contribution in [0, 0.1) is 11.8 Å². The van der Waals surface area contributed by atoms with Crippen molar-refractivity contribution in [1.82, 2.24) is 15.5 Å². The van der Waals surface area contributed by atoms with Gasteiger partial charge >= 0.3 is 6.18 Å². The average molecular weight is 522 g/mol. The zero-order valence-corrected chi connectivity index (χ0v) is 19.5. The molecule has 1 fully saturated rings. The maximum absolute atomic E-state index is 12.7. The van der Waals surface area contributed by atoms with E-state index in [-0.39, 0.29) is 30.5 Å². The minimum atomic E-state index is -4.36. The van der Waals surface area contributed by atoms with E-state index < -0.39 is 11.7 Å². The molecule has 0 aromatic heterocycles. The molecule has 0 radical (unpaired) electrons. The molecule has 0 unspecified atom stereocenters. The van der Waals surface area contributed by atoms with Crippen LogP contribution in [-0.2, 0) is 6.18 Å². The number of nitrogens with one attached hydrogen (secondary N) is 2. The Morgan fingerprint density at radius 2 is 1.97 bits per heavy atom. The molecule has 0 amide bonds. The number of aliphatic imine (C=N–C) groups is 1. The van der Waals surface area contributed by atoms with Crippen LogP contribution in [0.25, 0.3) is 0 Å². The van der Waals surface area contributed by atoms with Crippen molar-refractivity contribution in [1.29, 1.82) is 0 Å². The molecule has 1 aromatic rings. The largest absolute Gasteiger partial charge is 0.416 e. The van der Waals surface area contributed by atoms with Crippen LogP contribution in [0.15, 0.2) is 29.3 Å². The first-order valence-corrected chi connectivity index (χ1v) is 9.74. The molecule has 2 N–H and O–H groups in total. The molecule has 1 saturated heterocycles. The van der Waals surface area contributed by atoms with Crippen molar-refractivity contribution in [2.24, 2.45) is 4.99 Å². The van der Waals surface area contributed by atoms with E-state index in [0.29, 0.717) is 23.6 Å². The van der Waals surface area contributed by atoms with Crippen molar-refractivity contribution in [3.05, 3.63) is 35.4 Å². The molecule has 1 aliphatic rings. The highest BCUT2D eigenvalue weighted by Crippen LogP contribution is 2.29. The molecule has 0 spiro atoms. The third-order valence-corrected chi connectivity index (χ3v) is 4.68. The van der Waals surface area contributed by atoms with Gasteiger partial charge in [0.2, 0.25) is 0 Å². The first-order valence-electron chi connectivity index (χ1n) is 9.74. The van der Waals surface area contributed by atoms with Crippen LogP contribution in [0.5, 0.6) is 0 Å². The van der Waals surface area contributed by atoms with Crippen LogP contribution in [-0.4, -0.2) is 49.1 Å². The van der Waals surface area contributed by atoms with Gasteiger partial charge in [-0.15, -0.1) is 24.0 Å². The number of guanidine groups is 1. The molecule has 1 aromatic carbocycles. The summed E-state index contributed by atoms with van der Waals surface area (Å²) in [5.41, 5.74) is -0.352. The summed E-state index contributed by atoms with van der Waals surface area (Å²) in [7, 11) is 0. The second-order valence-electron chi connectivity index (χ2n) is 7.12. The lowest BCUT2D eigenvalue weighted by Gasteiger charge is -2.35. The summed E-state index contributed by atoms with van der Waals surface area (Å²) < 4.78 is 38.2. The maximum Gasteiger partial charge on any atom is 0.416 e. The van der Waals surface area contributed by atoms with Gasteiger partial charge in [-0.1, -0.05) is 17.9 Å². The van der Waals surface area contributed by atoms with Gasteiger partial charge in [-0.25, -0.2) is 4.99 Å². The Kier molecular flexibility index (Phi) is 10.8. The van der Waals surface area contributed by atoms with Gasteiger partial charge in [0, 0.05) is 37.3 Å². The highest BCUT2D eigenvalue weighted by Gasteiger charge is 2.30. The summed E-state index contributed by atoms with van der Waals surface area (Å²) in [5, 5.41) is 6.64. The minimum Gasteiger partial charge on any atom is -0.357 e. The van der Waals surface area contributed by atoms with Gasteiger partial charge in [-0.2, -0.15) is 13.2 Å². The lowest BCUT2D eigenvalue weighted by Crippen LogP contribution is -2.49. The van der Waals surface area contributed by atoms with E-state index in [1.165, 1.54) is 6.07 Å². The third-order valence-electron chi connectivity index (χ3n) is 4.68. The minimum absolute atomic E-state index is 0. The molecule has 0 atom stereocenters. The Labute approximate surface area is 188 Å². The normalized spacial score (nSPS) is 16.0. The molecule has 0 saturated carbocycles. The van der Waals surface area contributed by atoms with Gasteiger partial charge < -0.3 is 15.5 Å². The Bertz CT molecular complexity index is 715. The van der Waals surface area contributed by atoms with Crippen LogP contribution in [0.4, 0.5) is 13.2 Å². The number of hydrogen-bond acceptors (Lipinski definition) is 2. The SMILES string of the molecule is CCNC(=NCC#Cc1cccc(C(F)(F)F)c1)NC1CCN(C(C)C)CC1.I. The monoisotopic (exact) mass is 522 g/mol. The fraction of sp³-hybridized carbons (Fsp3) is 0.571. The molecular formula is C21H30F3IN4. The highest BCUT2D eigenvalue weighted by molar-refractivity contribution is 14.0. The Morgan fingerprint density at radius 3 is 2.55 bits per heavy atom. The average Bonchev–Trinajstić information content (AvgIpc) is 2.65. The fourth-order valence-electron chi connectivity index (χ4n) is 3.11. The van der Waals surface area contributed by atoms with Crippen molar-refractivity contribution in [2.75, 3.05) is 26.2 Å². The van der Waals surface area contributed by atoms with Crippen LogP contribution < -0.4 is 10.6 Å². The van der Waals surface area contributed by atoms with Gasteiger partial charge in [-0.3, -0.25) is 0 Å². The van der Waals surface area contributed by atoms with Crippen LogP contribution >= 0.6 is 24.0 Å². The van der Waals surface area contributed by atoms with Crippen LogP contribution in [0.1, 0.15) is 44.7 Å². The molecule has 162 valence electrons. The van der Waals surface area contributed by atoms with E-state index in [4.69, 9.17) is 0 Å². The van der Waals surface area contributed by atoms with Crippen LogP contribution in [0.3, 0.4) is 0 Å². The van der Waals surface area contributed by atoms with E-state index in [9.17, 15) is 13.2 Å². The van der Waals surface area contributed by atoms with Crippen molar-refractivity contribution in [3.8, 4) is 11.8 Å². The highest BCUT2D eigenvalue weighted by atomic mass is 127. The van der Waals surface area contributed by atoms with Crippen molar-refractivity contribution in [2.45, 2.75) is 51.9 Å². The summed E-state index contributed by atoms with van der Waals surface area (Å²) in [5.74, 6) is 6.29. The molecule has 2 rings (SSSR count). The molecule has 0 bridgehead atoms. The number of nitrogens with zero attached hydrogens (tertiary/aromatic N) is 2. The fourth-order valence-corrected chi connectivity index (χ4v) is 3.11. The summed E-state index contributed by atoms with van der Waals surface area (Å²) >= 11 is 0. The van der Waals surface area contributed by atoms with Gasteiger partial charge in [0.1, 0.15) is 6.54 Å². The predicted octanol–water partition coefficient (Wildman–Crippen LogP) is 4.10. The van der Waals surface area contributed by atoms with E-state index >= 15 is 0 Å².